The molecule has 0 aliphatic carbocycles. The van der Waals surface area contributed by atoms with Crippen LogP contribution < -0.4 is 14.8 Å². The number of hydrogen-bond acceptors (Lipinski definition) is 4. The number of rotatable bonds is 7. The molecule has 0 atom stereocenters. The number of nitrogens with one attached hydrogen (secondary N) is 1. The van der Waals surface area contributed by atoms with E-state index >= 15 is 0 Å². The maximum absolute atomic E-state index is 13.5. The first kappa shape index (κ1) is 18.7. The molecule has 0 saturated carbocycles. The number of hydrogen-bond donors (Lipinski definition) is 1. The third-order valence-corrected chi connectivity index (χ3v) is 4.23. The van der Waals surface area contributed by atoms with Crippen molar-refractivity contribution in [3.05, 3.63) is 54.3 Å². The van der Waals surface area contributed by atoms with Crippen molar-refractivity contribution >= 4 is 17.5 Å². The third kappa shape index (κ3) is 4.75. The predicted molar refractivity (Wildman–Crippen MR) is 98.2 cm³/mol. The Morgan fingerprint density at radius 1 is 1.11 bits per heavy atom. The fourth-order valence-corrected chi connectivity index (χ4v) is 2.69. The number of carbonyl (C=O) groups excluding carboxylic acids is 2. The second kappa shape index (κ2) is 8.53. The van der Waals surface area contributed by atoms with Gasteiger partial charge in [0.25, 0.3) is 5.91 Å². The molecule has 0 unspecified atom stereocenters. The van der Waals surface area contributed by atoms with Crippen LogP contribution in [0.2, 0.25) is 0 Å². The lowest BCUT2D eigenvalue weighted by Gasteiger charge is -2.38. The molecule has 142 valence electrons. The second-order valence-electron chi connectivity index (χ2n) is 6.16. The Balaban J connectivity index is 1.42. The Bertz CT molecular complexity index is 804. The SMILES string of the molecule is CCOc1ccc(NC(=O)C2CN(C(=O)COc3ccccc3F)C2)cc1. The van der Waals surface area contributed by atoms with E-state index in [1.54, 1.807) is 36.4 Å². The standard InChI is InChI=1S/C20H21FN2O4/c1-2-26-16-9-7-15(8-10-16)22-20(25)14-11-23(12-14)19(24)13-27-18-6-4-3-5-17(18)21/h3-10,14H,2,11-13H2,1H3,(H,22,25). The molecule has 1 aliphatic heterocycles. The first-order valence-electron chi connectivity index (χ1n) is 8.75. The molecule has 1 saturated heterocycles. The highest BCUT2D eigenvalue weighted by Gasteiger charge is 2.35. The first-order valence-corrected chi connectivity index (χ1v) is 8.75. The van der Waals surface area contributed by atoms with E-state index < -0.39 is 5.82 Å². The summed E-state index contributed by atoms with van der Waals surface area (Å²) in [6.45, 7) is 2.87. The van der Waals surface area contributed by atoms with E-state index in [-0.39, 0.29) is 30.1 Å². The Morgan fingerprint density at radius 2 is 1.81 bits per heavy atom. The van der Waals surface area contributed by atoms with Gasteiger partial charge in [-0.25, -0.2) is 4.39 Å². The predicted octanol–water partition coefficient (Wildman–Crippen LogP) is 2.70. The van der Waals surface area contributed by atoms with Gasteiger partial charge in [0.2, 0.25) is 5.91 Å². The van der Waals surface area contributed by atoms with E-state index in [4.69, 9.17) is 9.47 Å². The molecule has 0 bridgehead atoms. The molecule has 1 aliphatic rings. The molecule has 27 heavy (non-hydrogen) atoms. The molecule has 0 spiro atoms. The summed E-state index contributed by atoms with van der Waals surface area (Å²) in [6, 6.07) is 13.0. The normalized spacial score (nSPS) is 13.6. The summed E-state index contributed by atoms with van der Waals surface area (Å²) in [5.74, 6) is -0.418. The maximum Gasteiger partial charge on any atom is 0.260 e. The van der Waals surface area contributed by atoms with E-state index in [1.165, 1.54) is 17.0 Å². The van der Waals surface area contributed by atoms with Gasteiger partial charge in [-0.1, -0.05) is 12.1 Å². The lowest BCUT2D eigenvalue weighted by atomic mass is 9.99. The van der Waals surface area contributed by atoms with Crippen LogP contribution in [-0.2, 0) is 9.59 Å². The summed E-state index contributed by atoms with van der Waals surface area (Å²) in [6.07, 6.45) is 0. The van der Waals surface area contributed by atoms with Gasteiger partial charge in [0.15, 0.2) is 18.2 Å². The highest BCUT2D eigenvalue weighted by atomic mass is 19.1. The quantitative estimate of drug-likeness (QED) is 0.812. The van der Waals surface area contributed by atoms with E-state index in [1.807, 2.05) is 6.92 Å². The number of para-hydroxylation sites is 1. The minimum absolute atomic E-state index is 0.0381. The molecule has 2 aromatic rings. The number of benzene rings is 2. The van der Waals surface area contributed by atoms with Crippen LogP contribution in [0, 0.1) is 11.7 Å². The zero-order chi connectivity index (χ0) is 19.2. The minimum Gasteiger partial charge on any atom is -0.494 e. The van der Waals surface area contributed by atoms with Crippen molar-refractivity contribution in [3.8, 4) is 11.5 Å². The summed E-state index contributed by atoms with van der Waals surface area (Å²) in [4.78, 5) is 25.8. The van der Waals surface area contributed by atoms with Crippen LogP contribution in [0.15, 0.2) is 48.5 Å². The van der Waals surface area contributed by atoms with Gasteiger partial charge < -0.3 is 19.7 Å². The van der Waals surface area contributed by atoms with Crippen LogP contribution in [0.4, 0.5) is 10.1 Å². The van der Waals surface area contributed by atoms with Crippen LogP contribution in [0.25, 0.3) is 0 Å². The summed E-state index contributed by atoms with van der Waals surface area (Å²) in [7, 11) is 0. The molecule has 0 radical (unpaired) electrons. The van der Waals surface area contributed by atoms with Crippen molar-refractivity contribution in [3.63, 3.8) is 0 Å². The molecule has 0 aromatic heterocycles. The highest BCUT2D eigenvalue weighted by molar-refractivity contribution is 5.94. The van der Waals surface area contributed by atoms with Crippen LogP contribution in [-0.4, -0.2) is 43.0 Å². The van der Waals surface area contributed by atoms with Crippen molar-refractivity contribution in [2.45, 2.75) is 6.92 Å². The minimum atomic E-state index is -0.512. The maximum atomic E-state index is 13.5. The lowest BCUT2D eigenvalue weighted by molar-refractivity contribution is -0.143. The first-order chi connectivity index (χ1) is 13.1. The number of carbonyl (C=O) groups is 2. The number of ether oxygens (including phenoxy) is 2. The Labute approximate surface area is 156 Å². The van der Waals surface area contributed by atoms with Crippen molar-refractivity contribution in [2.24, 2.45) is 5.92 Å². The van der Waals surface area contributed by atoms with Gasteiger partial charge in [-0.3, -0.25) is 9.59 Å². The monoisotopic (exact) mass is 372 g/mol. The van der Waals surface area contributed by atoms with Crippen molar-refractivity contribution in [1.82, 2.24) is 4.90 Å². The number of likely N-dealkylation sites (tertiary alicyclic amines) is 1. The van der Waals surface area contributed by atoms with Crippen LogP contribution in [0.5, 0.6) is 11.5 Å². The lowest BCUT2D eigenvalue weighted by Crippen LogP contribution is -2.55. The van der Waals surface area contributed by atoms with E-state index in [2.05, 4.69) is 5.32 Å². The average Bonchev–Trinajstić information content (AvgIpc) is 2.62. The van der Waals surface area contributed by atoms with Gasteiger partial charge in [0.05, 0.1) is 12.5 Å². The van der Waals surface area contributed by atoms with Crippen LogP contribution in [0.1, 0.15) is 6.92 Å². The Kier molecular flexibility index (Phi) is 5.90. The molecular formula is C20H21FN2O4. The summed E-state index contributed by atoms with van der Waals surface area (Å²) in [5, 5.41) is 2.82. The van der Waals surface area contributed by atoms with Gasteiger partial charge in [0, 0.05) is 18.8 Å². The fraction of sp³-hybridized carbons (Fsp3) is 0.300. The van der Waals surface area contributed by atoms with Gasteiger partial charge >= 0.3 is 0 Å². The third-order valence-electron chi connectivity index (χ3n) is 4.23. The number of anilines is 1. The zero-order valence-corrected chi connectivity index (χ0v) is 15.0. The van der Waals surface area contributed by atoms with Crippen molar-refractivity contribution in [2.75, 3.05) is 31.6 Å². The number of halogens is 1. The molecule has 6 nitrogen and oxygen atoms in total. The van der Waals surface area contributed by atoms with Gasteiger partial charge in [-0.2, -0.15) is 0 Å². The smallest absolute Gasteiger partial charge is 0.260 e. The van der Waals surface area contributed by atoms with E-state index in [9.17, 15) is 14.0 Å². The van der Waals surface area contributed by atoms with Crippen molar-refractivity contribution in [1.29, 1.82) is 0 Å². The molecule has 1 fully saturated rings. The molecule has 3 rings (SSSR count). The Morgan fingerprint density at radius 3 is 2.48 bits per heavy atom. The molecular weight excluding hydrogens is 351 g/mol. The average molecular weight is 372 g/mol. The van der Waals surface area contributed by atoms with Gasteiger partial charge in [-0.05, 0) is 43.3 Å². The fourth-order valence-electron chi connectivity index (χ4n) is 2.69. The largest absolute Gasteiger partial charge is 0.494 e. The summed E-state index contributed by atoms with van der Waals surface area (Å²) < 4.78 is 24.0. The van der Waals surface area contributed by atoms with Crippen LogP contribution in [0.3, 0.4) is 0 Å². The van der Waals surface area contributed by atoms with Crippen molar-refractivity contribution < 1.29 is 23.5 Å². The Hall–Kier alpha value is -3.09. The number of nitrogens with zero attached hydrogens (tertiary/aromatic N) is 1. The summed E-state index contributed by atoms with van der Waals surface area (Å²) in [5.41, 5.74) is 0.677. The topological polar surface area (TPSA) is 67.9 Å². The molecule has 2 amide bonds. The van der Waals surface area contributed by atoms with Crippen LogP contribution >= 0.6 is 0 Å². The molecule has 1 N–H and O–H groups in total. The second-order valence-corrected chi connectivity index (χ2v) is 6.16. The molecule has 2 aromatic carbocycles. The number of amides is 2. The zero-order valence-electron chi connectivity index (χ0n) is 15.0. The van der Waals surface area contributed by atoms with E-state index in [0.717, 1.165) is 5.75 Å². The highest BCUT2D eigenvalue weighted by Crippen LogP contribution is 2.21. The molecule has 7 heteroatoms. The van der Waals surface area contributed by atoms with Gasteiger partial charge in [-0.15, -0.1) is 0 Å². The van der Waals surface area contributed by atoms with E-state index in [0.29, 0.717) is 25.4 Å². The van der Waals surface area contributed by atoms with Gasteiger partial charge in [0.1, 0.15) is 5.75 Å². The molecule has 1 heterocycles. The summed E-state index contributed by atoms with van der Waals surface area (Å²) >= 11 is 0.